The van der Waals surface area contributed by atoms with E-state index < -0.39 is 17.7 Å². The molecule has 2 heterocycles. The molecule has 1 fully saturated rings. The van der Waals surface area contributed by atoms with Gasteiger partial charge in [0.1, 0.15) is 0 Å². The zero-order valence-electron chi connectivity index (χ0n) is 13.7. The van der Waals surface area contributed by atoms with E-state index in [2.05, 4.69) is 26.3 Å². The Balaban J connectivity index is 1.72. The number of benzene rings is 1. The minimum absolute atomic E-state index is 0.180. The summed E-state index contributed by atoms with van der Waals surface area (Å²) in [7, 11) is 0. The van der Waals surface area contributed by atoms with E-state index in [0.29, 0.717) is 6.54 Å². The van der Waals surface area contributed by atoms with Crippen molar-refractivity contribution >= 4 is 33.6 Å². The molecule has 1 aromatic carbocycles. The molecule has 0 amide bonds. The molecule has 3 rings (SSSR count). The van der Waals surface area contributed by atoms with Crippen molar-refractivity contribution in [3.8, 4) is 0 Å². The summed E-state index contributed by atoms with van der Waals surface area (Å²) < 4.78 is 12.8. The molecule has 0 unspecified atom stereocenters. The molecule has 1 aromatic heterocycles. The fraction of sp³-hybridized carbons (Fsp3) is 0.235. The lowest BCUT2D eigenvalue weighted by Crippen LogP contribution is -2.42. The number of carbonyl (C=O) groups is 2. The molecule has 7 nitrogen and oxygen atoms in total. The Morgan fingerprint density at radius 3 is 2.64 bits per heavy atom. The number of carbonyl (C=O) groups excluding carboxylic acids is 2. The van der Waals surface area contributed by atoms with E-state index in [0.717, 1.165) is 15.7 Å². The second kappa shape index (κ2) is 6.72. The summed E-state index contributed by atoms with van der Waals surface area (Å²) in [4.78, 5) is 23.8. The Kier molecular flexibility index (Phi) is 4.63. The first-order chi connectivity index (χ1) is 11.8. The Morgan fingerprint density at radius 1 is 1.28 bits per heavy atom. The Bertz CT molecular complexity index is 835. The van der Waals surface area contributed by atoms with Gasteiger partial charge in [-0.15, -0.1) is 0 Å². The van der Waals surface area contributed by atoms with Crippen LogP contribution in [0.1, 0.15) is 19.4 Å². The van der Waals surface area contributed by atoms with E-state index in [1.165, 1.54) is 20.0 Å². The first-order valence-corrected chi connectivity index (χ1v) is 8.32. The van der Waals surface area contributed by atoms with E-state index in [1.54, 1.807) is 10.9 Å². The molecule has 25 heavy (non-hydrogen) atoms. The number of nitrogens with one attached hydrogen (secondary N) is 1. The molecule has 0 saturated carbocycles. The highest BCUT2D eigenvalue weighted by molar-refractivity contribution is 9.10. The summed E-state index contributed by atoms with van der Waals surface area (Å²) in [6, 6.07) is 7.55. The normalized spacial score (nSPS) is 16.2. The van der Waals surface area contributed by atoms with Gasteiger partial charge in [0, 0.05) is 31.9 Å². The van der Waals surface area contributed by atoms with Gasteiger partial charge in [-0.3, -0.25) is 4.68 Å². The van der Waals surface area contributed by atoms with Crippen LogP contribution in [-0.4, -0.2) is 27.5 Å². The van der Waals surface area contributed by atoms with Crippen molar-refractivity contribution in [1.82, 2.24) is 9.78 Å². The Labute approximate surface area is 152 Å². The lowest BCUT2D eigenvalue weighted by Gasteiger charge is -2.29. The van der Waals surface area contributed by atoms with Gasteiger partial charge in [0.25, 0.3) is 5.79 Å². The molecule has 1 aliphatic heterocycles. The van der Waals surface area contributed by atoms with Gasteiger partial charge in [0.05, 0.1) is 17.2 Å². The number of hydrogen-bond donors (Lipinski definition) is 1. The second-order valence-corrected chi connectivity index (χ2v) is 6.85. The topological polar surface area (TPSA) is 82.5 Å². The number of rotatable bonds is 4. The molecule has 8 heteroatoms. The summed E-state index contributed by atoms with van der Waals surface area (Å²) in [5.41, 5.74) is 1.55. The average Bonchev–Trinajstić information content (AvgIpc) is 2.90. The van der Waals surface area contributed by atoms with Crippen molar-refractivity contribution in [2.24, 2.45) is 0 Å². The lowest BCUT2D eigenvalue weighted by molar-refractivity contribution is -0.222. The van der Waals surface area contributed by atoms with E-state index in [1.807, 2.05) is 30.5 Å². The number of hydrogen-bond acceptors (Lipinski definition) is 6. The first-order valence-electron chi connectivity index (χ1n) is 7.53. The number of anilines is 1. The molecule has 1 N–H and O–H groups in total. The number of nitrogens with zero attached hydrogens (tertiary/aromatic N) is 2. The van der Waals surface area contributed by atoms with Gasteiger partial charge in [0.15, 0.2) is 5.57 Å². The van der Waals surface area contributed by atoms with Crippen LogP contribution in [-0.2, 0) is 25.6 Å². The minimum atomic E-state index is -1.25. The largest absolute Gasteiger partial charge is 0.419 e. The van der Waals surface area contributed by atoms with Crippen LogP contribution in [0.3, 0.4) is 0 Å². The predicted molar refractivity (Wildman–Crippen MR) is 93.4 cm³/mol. The number of aromatic nitrogens is 2. The molecular formula is C17H16BrN3O4. The van der Waals surface area contributed by atoms with Crippen molar-refractivity contribution < 1.29 is 19.1 Å². The molecule has 1 aliphatic rings. The zero-order valence-corrected chi connectivity index (χ0v) is 15.2. The summed E-state index contributed by atoms with van der Waals surface area (Å²) in [5, 5.41) is 7.14. The monoisotopic (exact) mass is 405 g/mol. The summed E-state index contributed by atoms with van der Waals surface area (Å²) in [5.74, 6) is -2.68. The molecule has 2 aromatic rings. The molecule has 0 radical (unpaired) electrons. The van der Waals surface area contributed by atoms with Crippen LogP contribution < -0.4 is 5.32 Å². The maximum atomic E-state index is 11.9. The second-order valence-electron chi connectivity index (χ2n) is 5.94. The van der Waals surface area contributed by atoms with Crippen LogP contribution >= 0.6 is 15.9 Å². The summed E-state index contributed by atoms with van der Waals surface area (Å²) >= 11 is 3.36. The van der Waals surface area contributed by atoms with Gasteiger partial charge in [0.2, 0.25) is 0 Å². The molecule has 1 saturated heterocycles. The number of cyclic esters (lactones) is 2. The van der Waals surface area contributed by atoms with Gasteiger partial charge in [-0.1, -0.05) is 12.1 Å². The highest BCUT2D eigenvalue weighted by Crippen LogP contribution is 2.23. The van der Waals surface area contributed by atoms with Crippen molar-refractivity contribution in [2.75, 3.05) is 5.32 Å². The van der Waals surface area contributed by atoms with Gasteiger partial charge in [-0.2, -0.15) is 5.10 Å². The maximum Gasteiger partial charge on any atom is 0.350 e. The fourth-order valence-corrected chi connectivity index (χ4v) is 2.63. The van der Waals surface area contributed by atoms with Crippen molar-refractivity contribution in [1.29, 1.82) is 0 Å². The Morgan fingerprint density at radius 2 is 2.00 bits per heavy atom. The van der Waals surface area contributed by atoms with Crippen molar-refractivity contribution in [3.05, 3.63) is 58.5 Å². The van der Waals surface area contributed by atoms with Gasteiger partial charge in [-0.05, 0) is 33.6 Å². The molecule has 130 valence electrons. The van der Waals surface area contributed by atoms with Crippen molar-refractivity contribution in [2.45, 2.75) is 26.2 Å². The molecular weight excluding hydrogens is 390 g/mol. The van der Waals surface area contributed by atoms with E-state index >= 15 is 0 Å². The number of halogens is 1. The third-order valence-electron chi connectivity index (χ3n) is 3.37. The van der Waals surface area contributed by atoms with Crippen molar-refractivity contribution in [3.63, 3.8) is 0 Å². The Hall–Kier alpha value is -2.61. The lowest BCUT2D eigenvalue weighted by atomic mass is 10.2. The standard InChI is InChI=1S/C17H16BrN3O4/c1-17(2)24-15(22)14(16(23)25-17)8-19-13-5-3-4-11(6-13)9-21-10-12(18)7-20-21/h3-8,10,19H,9H2,1-2H3. The van der Waals surface area contributed by atoms with Crippen LogP contribution in [0.4, 0.5) is 5.69 Å². The van der Waals surface area contributed by atoms with Crippen LogP contribution in [0.5, 0.6) is 0 Å². The quantitative estimate of drug-likeness (QED) is 0.478. The van der Waals surface area contributed by atoms with E-state index in [-0.39, 0.29) is 5.57 Å². The molecule has 0 aliphatic carbocycles. The average molecular weight is 406 g/mol. The van der Waals surface area contributed by atoms with Gasteiger partial charge < -0.3 is 14.8 Å². The zero-order chi connectivity index (χ0) is 18.0. The highest BCUT2D eigenvalue weighted by Gasteiger charge is 2.38. The van der Waals surface area contributed by atoms with Crippen LogP contribution in [0.15, 0.2) is 52.9 Å². The molecule has 0 bridgehead atoms. The third-order valence-corrected chi connectivity index (χ3v) is 3.78. The van der Waals surface area contributed by atoms with E-state index in [9.17, 15) is 9.59 Å². The van der Waals surface area contributed by atoms with Gasteiger partial charge >= 0.3 is 11.9 Å². The molecule has 0 spiro atoms. The smallest absolute Gasteiger partial charge is 0.350 e. The maximum absolute atomic E-state index is 11.9. The number of ether oxygens (including phenoxy) is 2. The first kappa shape index (κ1) is 17.2. The van der Waals surface area contributed by atoms with Crippen LogP contribution in [0.2, 0.25) is 0 Å². The minimum Gasteiger partial charge on any atom is -0.419 e. The third kappa shape index (κ3) is 4.27. The number of esters is 2. The summed E-state index contributed by atoms with van der Waals surface area (Å²) in [6.07, 6.45) is 4.88. The van der Waals surface area contributed by atoms with E-state index in [4.69, 9.17) is 9.47 Å². The summed E-state index contributed by atoms with van der Waals surface area (Å²) in [6.45, 7) is 3.60. The van der Waals surface area contributed by atoms with Crippen LogP contribution in [0, 0.1) is 0 Å². The fourth-order valence-electron chi connectivity index (χ4n) is 2.31. The molecule has 0 atom stereocenters. The SMILES string of the molecule is CC1(C)OC(=O)C(=CNc2cccc(Cn3cc(Br)cn3)c2)C(=O)O1. The highest BCUT2D eigenvalue weighted by atomic mass is 79.9. The van der Waals surface area contributed by atoms with Crippen LogP contribution in [0.25, 0.3) is 0 Å². The predicted octanol–water partition coefficient (Wildman–Crippen LogP) is 2.83. The van der Waals surface area contributed by atoms with Gasteiger partial charge in [-0.25, -0.2) is 9.59 Å².